The lowest BCUT2D eigenvalue weighted by Gasteiger charge is -2.12. The number of hydrogen-bond donors (Lipinski definition) is 0. The first kappa shape index (κ1) is 20.1. The Morgan fingerprint density at radius 1 is 1.00 bits per heavy atom. The number of aromatic nitrogens is 2. The molecule has 2 heterocycles. The second-order valence-electron chi connectivity index (χ2n) is 7.20. The minimum atomic E-state index is -3.49. The summed E-state index contributed by atoms with van der Waals surface area (Å²) in [5.74, 6) is -0.616. The Hall–Kier alpha value is -3.19. The van der Waals surface area contributed by atoms with Gasteiger partial charge in [-0.15, -0.1) is 0 Å². The van der Waals surface area contributed by atoms with E-state index in [0.717, 1.165) is 11.6 Å². The van der Waals surface area contributed by atoms with Crippen LogP contribution in [0.3, 0.4) is 0 Å². The van der Waals surface area contributed by atoms with E-state index in [1.165, 1.54) is 16.7 Å². The molecule has 2 aromatic carbocycles. The molecule has 2 aromatic heterocycles. The molecular weight excluding hydrogens is 403 g/mol. The number of rotatable bonds is 5. The molecule has 0 atom stereocenters. The number of pyridine rings is 1. The molecule has 7 heteroatoms. The molecule has 0 amide bonds. The molecule has 0 aliphatic rings. The summed E-state index contributed by atoms with van der Waals surface area (Å²) in [4.78, 5) is 13.0. The van der Waals surface area contributed by atoms with Gasteiger partial charge in [0, 0.05) is 42.5 Å². The molecular formula is C23H21FN2O3S. The Bertz CT molecular complexity index is 1400. The molecule has 4 aromatic rings. The summed E-state index contributed by atoms with van der Waals surface area (Å²) in [6, 6.07) is 15.3. The number of halogens is 1. The largest absolute Gasteiger partial charge is 0.339 e. The van der Waals surface area contributed by atoms with Gasteiger partial charge in [0.2, 0.25) is 0 Å². The number of sulfone groups is 1. The first-order chi connectivity index (χ1) is 14.3. The zero-order valence-corrected chi connectivity index (χ0v) is 17.5. The van der Waals surface area contributed by atoms with E-state index < -0.39 is 15.7 Å². The summed E-state index contributed by atoms with van der Waals surface area (Å²) >= 11 is 0. The van der Waals surface area contributed by atoms with Crippen molar-refractivity contribution in [2.75, 3.05) is 5.75 Å². The smallest absolute Gasteiger partial charge is 0.274 e. The summed E-state index contributed by atoms with van der Waals surface area (Å²) in [6.45, 7) is 2.04. The molecule has 30 heavy (non-hydrogen) atoms. The molecule has 5 nitrogen and oxygen atoms in total. The van der Waals surface area contributed by atoms with Crippen LogP contribution in [0.4, 0.5) is 4.39 Å². The van der Waals surface area contributed by atoms with Crippen molar-refractivity contribution < 1.29 is 12.8 Å². The van der Waals surface area contributed by atoms with Gasteiger partial charge in [-0.25, -0.2) is 12.8 Å². The maximum absolute atomic E-state index is 14.8. The van der Waals surface area contributed by atoms with Crippen LogP contribution in [-0.4, -0.2) is 23.3 Å². The molecule has 0 spiro atoms. The van der Waals surface area contributed by atoms with Crippen LogP contribution in [0, 0.1) is 5.82 Å². The predicted molar refractivity (Wildman–Crippen MR) is 116 cm³/mol. The molecule has 4 rings (SSSR count). The molecule has 0 N–H and O–H groups in total. The third kappa shape index (κ3) is 3.45. The fraction of sp³-hybridized carbons (Fsp3) is 0.174. The van der Waals surface area contributed by atoms with Crippen LogP contribution in [0.2, 0.25) is 0 Å². The van der Waals surface area contributed by atoms with Crippen molar-refractivity contribution in [1.29, 1.82) is 0 Å². The fourth-order valence-electron chi connectivity index (χ4n) is 3.61. The predicted octanol–water partition coefficient (Wildman–Crippen LogP) is 3.99. The lowest BCUT2D eigenvalue weighted by Crippen LogP contribution is -2.19. The molecule has 154 valence electrons. The van der Waals surface area contributed by atoms with Crippen molar-refractivity contribution in [2.24, 2.45) is 7.05 Å². The van der Waals surface area contributed by atoms with Gasteiger partial charge in [0.25, 0.3) is 5.56 Å². The van der Waals surface area contributed by atoms with Crippen LogP contribution in [0.1, 0.15) is 12.5 Å². The normalized spacial score (nSPS) is 11.8. The van der Waals surface area contributed by atoms with E-state index in [0.29, 0.717) is 23.0 Å². The third-order valence-electron chi connectivity index (χ3n) is 5.26. The Morgan fingerprint density at radius 2 is 1.73 bits per heavy atom. The van der Waals surface area contributed by atoms with Gasteiger partial charge in [-0.3, -0.25) is 4.79 Å². The van der Waals surface area contributed by atoms with E-state index in [9.17, 15) is 17.6 Å². The minimum Gasteiger partial charge on any atom is -0.339 e. The molecule has 0 radical (unpaired) electrons. The van der Waals surface area contributed by atoms with Gasteiger partial charge in [0.05, 0.1) is 10.6 Å². The molecule has 0 fully saturated rings. The van der Waals surface area contributed by atoms with Gasteiger partial charge in [-0.1, -0.05) is 37.3 Å². The number of aryl methyl sites for hydroxylation is 1. The second-order valence-corrected chi connectivity index (χ2v) is 9.47. The van der Waals surface area contributed by atoms with Gasteiger partial charge in [0.1, 0.15) is 11.3 Å². The van der Waals surface area contributed by atoms with Gasteiger partial charge >= 0.3 is 0 Å². The molecule has 0 saturated heterocycles. The lowest BCUT2D eigenvalue weighted by molar-refractivity contribution is 0.596. The van der Waals surface area contributed by atoms with E-state index in [4.69, 9.17) is 0 Å². The summed E-state index contributed by atoms with van der Waals surface area (Å²) in [6.07, 6.45) is 3.35. The Morgan fingerprint density at radius 3 is 2.43 bits per heavy atom. The van der Waals surface area contributed by atoms with Gasteiger partial charge in [-0.2, -0.15) is 0 Å². The molecule has 0 saturated carbocycles. The monoisotopic (exact) mass is 424 g/mol. The number of hydrogen-bond acceptors (Lipinski definition) is 3. The maximum Gasteiger partial charge on any atom is 0.274 e. The van der Waals surface area contributed by atoms with Crippen molar-refractivity contribution in [3.8, 4) is 11.1 Å². The second kappa shape index (κ2) is 7.57. The fourth-order valence-corrected chi connectivity index (χ4v) is 4.52. The van der Waals surface area contributed by atoms with E-state index in [-0.39, 0.29) is 21.8 Å². The van der Waals surface area contributed by atoms with Crippen LogP contribution in [0.15, 0.2) is 76.7 Å². The summed E-state index contributed by atoms with van der Waals surface area (Å²) < 4.78 is 42.6. The van der Waals surface area contributed by atoms with Crippen LogP contribution < -0.4 is 5.56 Å². The minimum absolute atomic E-state index is 0.0621. The van der Waals surface area contributed by atoms with Crippen LogP contribution in [-0.2, 0) is 23.4 Å². The van der Waals surface area contributed by atoms with Crippen LogP contribution in [0.25, 0.3) is 22.0 Å². The number of benzene rings is 2. The molecule has 0 aliphatic carbocycles. The molecule has 0 aliphatic heterocycles. The summed E-state index contributed by atoms with van der Waals surface area (Å²) in [5, 5.41) is 0.582. The van der Waals surface area contributed by atoms with Gasteiger partial charge < -0.3 is 9.13 Å². The van der Waals surface area contributed by atoms with Crippen molar-refractivity contribution in [3.63, 3.8) is 0 Å². The Labute approximate surface area is 173 Å². The van der Waals surface area contributed by atoms with Crippen molar-refractivity contribution >= 4 is 20.7 Å². The lowest BCUT2D eigenvalue weighted by atomic mass is 10.0. The van der Waals surface area contributed by atoms with E-state index in [2.05, 4.69) is 0 Å². The van der Waals surface area contributed by atoms with E-state index in [1.807, 2.05) is 34.9 Å². The maximum atomic E-state index is 14.8. The highest BCUT2D eigenvalue weighted by Crippen LogP contribution is 2.31. The van der Waals surface area contributed by atoms with E-state index >= 15 is 0 Å². The third-order valence-corrected chi connectivity index (χ3v) is 6.99. The Kier molecular flexibility index (Phi) is 5.07. The average Bonchev–Trinajstić information content (AvgIpc) is 3.15. The molecule has 0 bridgehead atoms. The van der Waals surface area contributed by atoms with Crippen molar-refractivity contribution in [3.05, 3.63) is 88.7 Å². The highest BCUT2D eigenvalue weighted by atomic mass is 32.2. The standard InChI is InChI=1S/C23H21FN2O3S/c1-3-30(28,29)17-9-10-21(24)19(13-17)20-15-25(2)23(27)22-18(20)11-12-26(22)14-16-7-5-4-6-8-16/h4-13,15H,3,14H2,1-2H3. The van der Waals surface area contributed by atoms with Crippen molar-refractivity contribution in [1.82, 2.24) is 9.13 Å². The highest BCUT2D eigenvalue weighted by molar-refractivity contribution is 7.91. The molecule has 0 unspecified atom stereocenters. The first-order valence-electron chi connectivity index (χ1n) is 9.57. The Balaban J connectivity index is 1.95. The zero-order valence-electron chi connectivity index (χ0n) is 16.7. The topological polar surface area (TPSA) is 61.1 Å². The number of nitrogens with zero attached hydrogens (tertiary/aromatic N) is 2. The summed E-state index contributed by atoms with van der Waals surface area (Å²) in [7, 11) is -1.89. The SMILES string of the molecule is CCS(=O)(=O)c1ccc(F)c(-c2cn(C)c(=O)c3c2ccn3Cc2ccccc2)c1. The number of fused-ring (bicyclic) bond motifs is 1. The van der Waals surface area contributed by atoms with Crippen molar-refractivity contribution in [2.45, 2.75) is 18.4 Å². The van der Waals surface area contributed by atoms with Crippen LogP contribution >= 0.6 is 0 Å². The quantitative estimate of drug-likeness (QED) is 0.455. The van der Waals surface area contributed by atoms with Crippen LogP contribution in [0.5, 0.6) is 0 Å². The first-order valence-corrected chi connectivity index (χ1v) is 11.2. The van der Waals surface area contributed by atoms with Gasteiger partial charge in [-0.05, 0) is 29.8 Å². The zero-order chi connectivity index (χ0) is 21.5. The average molecular weight is 424 g/mol. The van der Waals surface area contributed by atoms with E-state index in [1.54, 1.807) is 32.4 Å². The summed E-state index contributed by atoms with van der Waals surface area (Å²) in [5.41, 5.74) is 1.91. The highest BCUT2D eigenvalue weighted by Gasteiger charge is 2.19. The van der Waals surface area contributed by atoms with Gasteiger partial charge in [0.15, 0.2) is 9.84 Å².